The highest BCUT2D eigenvalue weighted by atomic mass is 16.4. The average Bonchev–Trinajstić information content (AvgIpc) is 2.44. The van der Waals surface area contributed by atoms with E-state index >= 15 is 0 Å². The molecule has 0 radical (unpaired) electrons. The monoisotopic (exact) mass is 301 g/mol. The van der Waals surface area contributed by atoms with Gasteiger partial charge in [0.15, 0.2) is 0 Å². The fraction of sp³-hybridized carbons (Fsp3) is 0.611. The lowest BCUT2D eigenvalue weighted by molar-refractivity contribution is -0.156. The Hall–Kier alpha value is -1.55. The summed E-state index contributed by atoms with van der Waals surface area (Å²) in [5.41, 5.74) is 0.529. The van der Waals surface area contributed by atoms with E-state index in [4.69, 9.17) is 0 Å². The van der Waals surface area contributed by atoms with Crippen LogP contribution in [0.25, 0.3) is 0 Å². The van der Waals surface area contributed by atoms with Crippen LogP contribution in [0.3, 0.4) is 0 Å². The zero-order valence-electron chi connectivity index (χ0n) is 12.7. The van der Waals surface area contributed by atoms with Crippen molar-refractivity contribution in [2.75, 3.05) is 0 Å². The molecule has 4 saturated carbocycles. The average molecular weight is 301 g/mol. The molecule has 4 bridgehead atoms. The number of hydrogen-bond donors (Lipinski definition) is 2. The first-order valence-corrected chi connectivity index (χ1v) is 8.30. The molecule has 0 heterocycles. The van der Waals surface area contributed by atoms with Crippen LogP contribution >= 0.6 is 0 Å². The van der Waals surface area contributed by atoms with E-state index in [-0.39, 0.29) is 6.04 Å². The Morgan fingerprint density at radius 3 is 2.32 bits per heavy atom. The first-order valence-electron chi connectivity index (χ1n) is 8.30. The van der Waals surface area contributed by atoms with Crippen LogP contribution in [0, 0.1) is 17.8 Å². The summed E-state index contributed by atoms with van der Waals surface area (Å²) in [6, 6.07) is 9.91. The minimum Gasteiger partial charge on any atom is -0.465 e. The number of nitrogens with zero attached hydrogens (tertiary/aromatic N) is 1. The molecular formula is C18H23NO3. The minimum atomic E-state index is -0.826. The highest BCUT2D eigenvalue weighted by Crippen LogP contribution is 2.57. The van der Waals surface area contributed by atoms with E-state index < -0.39 is 11.7 Å². The zero-order valence-corrected chi connectivity index (χ0v) is 12.7. The maximum absolute atomic E-state index is 11.9. The Balaban J connectivity index is 1.60. The van der Waals surface area contributed by atoms with Crippen LogP contribution < -0.4 is 0 Å². The normalized spacial score (nSPS) is 39.0. The molecule has 4 aliphatic rings. The lowest BCUT2D eigenvalue weighted by atomic mass is 9.52. The van der Waals surface area contributed by atoms with Gasteiger partial charge in [0.2, 0.25) is 0 Å². The second kappa shape index (κ2) is 4.98. The van der Waals surface area contributed by atoms with Gasteiger partial charge in [-0.1, -0.05) is 30.3 Å². The molecule has 118 valence electrons. The maximum Gasteiger partial charge on any atom is 0.407 e. The third-order valence-electron chi connectivity index (χ3n) is 5.99. The van der Waals surface area contributed by atoms with Gasteiger partial charge in [-0.05, 0) is 55.4 Å². The van der Waals surface area contributed by atoms with E-state index in [1.165, 1.54) is 0 Å². The predicted molar refractivity (Wildman–Crippen MR) is 82.3 cm³/mol. The van der Waals surface area contributed by atoms with E-state index in [0.717, 1.165) is 37.7 Å². The number of aliphatic hydroxyl groups is 1. The topological polar surface area (TPSA) is 60.8 Å². The third kappa shape index (κ3) is 2.30. The summed E-state index contributed by atoms with van der Waals surface area (Å²) in [5.74, 6) is 1.26. The summed E-state index contributed by atoms with van der Waals surface area (Å²) in [6.45, 7) is 0.455. The van der Waals surface area contributed by atoms with E-state index in [1.54, 1.807) is 4.90 Å². The molecule has 5 atom stereocenters. The molecule has 4 fully saturated rings. The van der Waals surface area contributed by atoms with Gasteiger partial charge in [-0.3, -0.25) is 0 Å². The van der Waals surface area contributed by atoms with Crippen LogP contribution in [0.4, 0.5) is 4.79 Å². The van der Waals surface area contributed by atoms with Crippen molar-refractivity contribution in [1.82, 2.24) is 4.90 Å². The van der Waals surface area contributed by atoms with Crippen LogP contribution in [0.15, 0.2) is 30.3 Å². The third-order valence-corrected chi connectivity index (χ3v) is 5.99. The molecule has 0 spiro atoms. The quantitative estimate of drug-likeness (QED) is 0.902. The van der Waals surface area contributed by atoms with Gasteiger partial charge in [-0.2, -0.15) is 0 Å². The maximum atomic E-state index is 11.9. The predicted octanol–water partition coefficient (Wildman–Crippen LogP) is 3.11. The molecule has 22 heavy (non-hydrogen) atoms. The molecule has 2 N–H and O–H groups in total. The molecule has 1 aromatic rings. The van der Waals surface area contributed by atoms with Crippen molar-refractivity contribution in [1.29, 1.82) is 0 Å². The van der Waals surface area contributed by atoms with Crippen LogP contribution in [0.2, 0.25) is 0 Å². The van der Waals surface area contributed by atoms with Crippen molar-refractivity contribution < 1.29 is 15.0 Å². The highest BCUT2D eigenvalue weighted by molar-refractivity contribution is 5.65. The second-order valence-corrected chi connectivity index (χ2v) is 7.58. The molecule has 0 unspecified atom stereocenters. The summed E-state index contributed by atoms with van der Waals surface area (Å²) < 4.78 is 0. The summed E-state index contributed by atoms with van der Waals surface area (Å²) in [6.07, 6.45) is 3.84. The first-order chi connectivity index (χ1) is 10.5. The fourth-order valence-electron chi connectivity index (χ4n) is 5.54. The van der Waals surface area contributed by atoms with E-state index in [1.807, 2.05) is 30.3 Å². The van der Waals surface area contributed by atoms with Crippen LogP contribution in [-0.4, -0.2) is 32.8 Å². The van der Waals surface area contributed by atoms with Gasteiger partial charge in [0.05, 0.1) is 5.60 Å². The van der Waals surface area contributed by atoms with Gasteiger partial charge in [0.25, 0.3) is 0 Å². The van der Waals surface area contributed by atoms with Gasteiger partial charge in [-0.15, -0.1) is 0 Å². The number of carbonyl (C=O) groups is 1. The number of carboxylic acid groups (broad SMARTS) is 1. The molecule has 1 amide bonds. The molecule has 0 saturated heterocycles. The minimum absolute atomic E-state index is 0.0783. The summed E-state index contributed by atoms with van der Waals surface area (Å²) in [7, 11) is 0. The standard InChI is InChI=1S/C18H23NO3/c20-17(21)19(11-12-4-2-1-3-5-12)16-14-6-13-7-15(16)10-18(22,8-13)9-14/h1-5,13-16,22H,6-11H2,(H,20,21)/t13-,14-,15+,16+,18-. The van der Waals surface area contributed by atoms with Crippen molar-refractivity contribution in [2.45, 2.75) is 50.3 Å². The molecule has 0 aliphatic heterocycles. The Kier molecular flexibility index (Phi) is 3.19. The molecule has 4 aliphatic carbocycles. The SMILES string of the molecule is O=C(O)N(Cc1ccccc1)[C@H]1[C@@H]2C[C@@H]3C[C@H]1C[C@@](O)(C3)C2. The number of benzene rings is 1. The van der Waals surface area contributed by atoms with Crippen LogP contribution in [-0.2, 0) is 6.54 Å². The molecule has 1 aromatic carbocycles. The van der Waals surface area contributed by atoms with Gasteiger partial charge in [0, 0.05) is 12.6 Å². The summed E-state index contributed by atoms with van der Waals surface area (Å²) in [4.78, 5) is 13.5. The molecule has 5 rings (SSSR count). The lowest BCUT2D eigenvalue weighted by Crippen LogP contribution is -2.62. The molecule has 0 aromatic heterocycles. The number of amides is 1. The van der Waals surface area contributed by atoms with E-state index in [9.17, 15) is 15.0 Å². The number of hydrogen-bond acceptors (Lipinski definition) is 2. The summed E-state index contributed by atoms with van der Waals surface area (Å²) in [5, 5.41) is 20.4. The van der Waals surface area contributed by atoms with Crippen molar-refractivity contribution >= 4 is 6.09 Å². The molecule has 4 heteroatoms. The van der Waals surface area contributed by atoms with Gasteiger partial charge in [0.1, 0.15) is 0 Å². The van der Waals surface area contributed by atoms with Gasteiger partial charge in [-0.25, -0.2) is 4.79 Å². The smallest absolute Gasteiger partial charge is 0.407 e. The fourth-order valence-corrected chi connectivity index (χ4v) is 5.54. The van der Waals surface area contributed by atoms with Crippen LogP contribution in [0.5, 0.6) is 0 Å². The van der Waals surface area contributed by atoms with Gasteiger partial charge >= 0.3 is 6.09 Å². The van der Waals surface area contributed by atoms with Crippen molar-refractivity contribution in [2.24, 2.45) is 17.8 Å². The van der Waals surface area contributed by atoms with Crippen molar-refractivity contribution in [3.05, 3.63) is 35.9 Å². The van der Waals surface area contributed by atoms with Crippen molar-refractivity contribution in [3.8, 4) is 0 Å². The second-order valence-electron chi connectivity index (χ2n) is 7.58. The van der Waals surface area contributed by atoms with E-state index in [0.29, 0.717) is 24.3 Å². The van der Waals surface area contributed by atoms with Gasteiger partial charge < -0.3 is 15.1 Å². The van der Waals surface area contributed by atoms with Crippen molar-refractivity contribution in [3.63, 3.8) is 0 Å². The Morgan fingerprint density at radius 1 is 1.14 bits per heavy atom. The highest BCUT2D eigenvalue weighted by Gasteiger charge is 2.56. The van der Waals surface area contributed by atoms with E-state index in [2.05, 4.69) is 0 Å². The largest absolute Gasteiger partial charge is 0.465 e. The Morgan fingerprint density at radius 2 is 1.77 bits per heavy atom. The Labute approximate surface area is 130 Å². The zero-order chi connectivity index (χ0) is 15.3. The summed E-state index contributed by atoms with van der Waals surface area (Å²) >= 11 is 0. The Bertz CT molecular complexity index is 557. The van der Waals surface area contributed by atoms with Crippen LogP contribution in [0.1, 0.15) is 37.7 Å². The molecule has 4 nitrogen and oxygen atoms in total. The number of rotatable bonds is 3. The lowest BCUT2D eigenvalue weighted by Gasteiger charge is -2.59. The first kappa shape index (κ1) is 14.1. The molecular weight excluding hydrogens is 278 g/mol.